The van der Waals surface area contributed by atoms with E-state index in [1.165, 1.54) is 12.1 Å². The molecule has 1 aliphatic carbocycles. The van der Waals surface area contributed by atoms with Crippen LogP contribution in [0.3, 0.4) is 0 Å². The molecule has 0 spiro atoms. The third-order valence-corrected chi connectivity index (χ3v) is 5.34. The standard InChI is InChI=1S/C22H27FN4O4/c1-12(2)9-19(21(29)30)25-22(31)24-18-11-13(7-8-16(18)23)10-17-14-5-3-4-6-15(14)20(28)27-26-17/h7-8,11-12,19H,3-6,9-10H2,1-2H3,(H,27,28)(H,29,30)(H2,24,25,31). The average Bonchev–Trinajstić information content (AvgIpc) is 2.72. The number of anilines is 1. The second-order valence-corrected chi connectivity index (χ2v) is 8.27. The monoisotopic (exact) mass is 430 g/mol. The van der Waals surface area contributed by atoms with Crippen molar-refractivity contribution in [2.75, 3.05) is 5.32 Å². The first-order valence-corrected chi connectivity index (χ1v) is 10.4. The molecule has 1 aromatic carbocycles. The van der Waals surface area contributed by atoms with Gasteiger partial charge >= 0.3 is 12.0 Å². The minimum atomic E-state index is -1.15. The number of fused-ring (bicyclic) bond motifs is 1. The lowest BCUT2D eigenvalue weighted by Gasteiger charge is -2.18. The molecule has 1 unspecified atom stereocenters. The van der Waals surface area contributed by atoms with E-state index in [-0.39, 0.29) is 23.6 Å². The van der Waals surface area contributed by atoms with Crippen LogP contribution >= 0.6 is 0 Å². The number of benzene rings is 1. The van der Waals surface area contributed by atoms with Crippen molar-refractivity contribution in [1.29, 1.82) is 0 Å². The maximum atomic E-state index is 14.3. The Bertz CT molecular complexity index is 1030. The minimum absolute atomic E-state index is 0.0537. The van der Waals surface area contributed by atoms with Gasteiger partial charge < -0.3 is 15.7 Å². The molecule has 2 aromatic rings. The molecular formula is C22H27FN4O4. The van der Waals surface area contributed by atoms with Crippen LogP contribution in [0.1, 0.15) is 55.5 Å². The van der Waals surface area contributed by atoms with Crippen molar-refractivity contribution in [3.63, 3.8) is 0 Å². The SMILES string of the molecule is CC(C)CC(NC(=O)Nc1cc(Cc2n[nH]c(=O)c3c2CCCC3)ccc1F)C(=O)O. The third kappa shape index (κ3) is 5.68. The number of rotatable bonds is 7. The molecule has 9 heteroatoms. The first kappa shape index (κ1) is 22.5. The minimum Gasteiger partial charge on any atom is -0.480 e. The van der Waals surface area contributed by atoms with Gasteiger partial charge in [0.05, 0.1) is 11.4 Å². The summed E-state index contributed by atoms with van der Waals surface area (Å²) in [6.45, 7) is 3.70. The summed E-state index contributed by atoms with van der Waals surface area (Å²) < 4.78 is 14.3. The number of hydrogen-bond acceptors (Lipinski definition) is 4. The first-order chi connectivity index (χ1) is 14.7. The molecule has 0 bridgehead atoms. The van der Waals surface area contributed by atoms with Crippen molar-refractivity contribution in [2.45, 2.75) is 58.4 Å². The zero-order chi connectivity index (χ0) is 22.5. The molecule has 166 valence electrons. The summed E-state index contributed by atoms with van der Waals surface area (Å²) in [5, 5.41) is 20.8. The summed E-state index contributed by atoms with van der Waals surface area (Å²) in [5.74, 6) is -1.71. The largest absolute Gasteiger partial charge is 0.480 e. The molecule has 8 nitrogen and oxygen atoms in total. The summed E-state index contributed by atoms with van der Waals surface area (Å²) in [7, 11) is 0. The van der Waals surface area contributed by atoms with Crippen LogP contribution in [0, 0.1) is 11.7 Å². The maximum absolute atomic E-state index is 14.3. The number of amides is 2. The topological polar surface area (TPSA) is 124 Å². The number of nitrogens with zero attached hydrogens (tertiary/aromatic N) is 1. The van der Waals surface area contributed by atoms with Crippen molar-refractivity contribution < 1.29 is 19.1 Å². The van der Waals surface area contributed by atoms with E-state index in [2.05, 4.69) is 20.8 Å². The van der Waals surface area contributed by atoms with E-state index < -0.39 is 23.9 Å². The second-order valence-electron chi connectivity index (χ2n) is 8.27. The van der Waals surface area contributed by atoms with E-state index in [1.54, 1.807) is 6.07 Å². The Balaban J connectivity index is 1.76. The fourth-order valence-corrected chi connectivity index (χ4v) is 3.85. The molecule has 1 atom stereocenters. The van der Waals surface area contributed by atoms with Gasteiger partial charge in [-0.25, -0.2) is 19.1 Å². The summed E-state index contributed by atoms with van der Waals surface area (Å²) in [4.78, 5) is 35.6. The molecule has 31 heavy (non-hydrogen) atoms. The number of carbonyl (C=O) groups excluding carboxylic acids is 1. The van der Waals surface area contributed by atoms with Crippen LogP contribution < -0.4 is 16.2 Å². The number of aliphatic carboxylic acids is 1. The number of H-pyrrole nitrogens is 1. The molecule has 3 rings (SSSR count). The van der Waals surface area contributed by atoms with Gasteiger partial charge in [0.25, 0.3) is 5.56 Å². The summed E-state index contributed by atoms with van der Waals surface area (Å²) >= 11 is 0. The zero-order valence-electron chi connectivity index (χ0n) is 17.6. The Hall–Kier alpha value is -3.23. The van der Waals surface area contributed by atoms with E-state index in [1.807, 2.05) is 13.8 Å². The van der Waals surface area contributed by atoms with Crippen LogP contribution in [-0.2, 0) is 24.1 Å². The first-order valence-electron chi connectivity index (χ1n) is 10.4. The highest BCUT2D eigenvalue weighted by molar-refractivity contribution is 5.92. The Morgan fingerprint density at radius 1 is 1.23 bits per heavy atom. The van der Waals surface area contributed by atoms with E-state index in [0.717, 1.165) is 42.5 Å². The van der Waals surface area contributed by atoms with Gasteiger partial charge in [-0.15, -0.1) is 0 Å². The number of hydrogen-bond donors (Lipinski definition) is 4. The Labute approximate surface area is 179 Å². The Kier molecular flexibility index (Phi) is 7.04. The van der Waals surface area contributed by atoms with Crippen molar-refractivity contribution in [1.82, 2.24) is 15.5 Å². The van der Waals surface area contributed by atoms with Gasteiger partial charge in [0.1, 0.15) is 11.9 Å². The van der Waals surface area contributed by atoms with Gasteiger partial charge in [0.15, 0.2) is 0 Å². The quantitative estimate of drug-likeness (QED) is 0.538. The summed E-state index contributed by atoms with van der Waals surface area (Å²) in [5.41, 5.74) is 2.94. The molecule has 2 amide bonds. The van der Waals surface area contributed by atoms with Gasteiger partial charge in [-0.05, 0) is 61.3 Å². The van der Waals surface area contributed by atoms with Gasteiger partial charge in [-0.2, -0.15) is 5.10 Å². The number of aromatic amines is 1. The van der Waals surface area contributed by atoms with Crippen molar-refractivity contribution in [3.8, 4) is 0 Å². The predicted molar refractivity (Wildman–Crippen MR) is 114 cm³/mol. The number of nitrogens with one attached hydrogen (secondary N) is 3. The van der Waals surface area contributed by atoms with E-state index in [0.29, 0.717) is 12.0 Å². The van der Waals surface area contributed by atoms with Gasteiger partial charge in [-0.1, -0.05) is 19.9 Å². The number of urea groups is 1. The van der Waals surface area contributed by atoms with Crippen molar-refractivity contribution in [3.05, 3.63) is 56.8 Å². The Morgan fingerprint density at radius 3 is 2.61 bits per heavy atom. The summed E-state index contributed by atoms with van der Waals surface area (Å²) in [6.07, 6.45) is 4.09. The molecule has 1 aromatic heterocycles. The van der Waals surface area contributed by atoms with Crippen LogP contribution in [-0.4, -0.2) is 33.3 Å². The van der Waals surface area contributed by atoms with Crippen LogP contribution in [0.4, 0.5) is 14.9 Å². The van der Waals surface area contributed by atoms with Gasteiger partial charge in [-0.3, -0.25) is 4.79 Å². The third-order valence-electron chi connectivity index (χ3n) is 5.34. The molecule has 0 aliphatic heterocycles. The summed E-state index contributed by atoms with van der Waals surface area (Å²) in [6, 6.07) is 2.48. The van der Waals surface area contributed by atoms with E-state index in [4.69, 9.17) is 0 Å². The number of aromatic nitrogens is 2. The smallest absolute Gasteiger partial charge is 0.326 e. The molecule has 0 saturated carbocycles. The van der Waals surface area contributed by atoms with Crippen LogP contribution in [0.2, 0.25) is 0 Å². The lowest BCUT2D eigenvalue weighted by Crippen LogP contribution is -2.43. The zero-order valence-corrected chi connectivity index (χ0v) is 17.6. The average molecular weight is 430 g/mol. The number of carbonyl (C=O) groups is 2. The Morgan fingerprint density at radius 2 is 1.94 bits per heavy atom. The lowest BCUT2D eigenvalue weighted by molar-refractivity contribution is -0.139. The highest BCUT2D eigenvalue weighted by atomic mass is 19.1. The molecular weight excluding hydrogens is 403 g/mol. The molecule has 1 heterocycles. The van der Waals surface area contributed by atoms with E-state index in [9.17, 15) is 23.9 Å². The molecule has 4 N–H and O–H groups in total. The fraction of sp³-hybridized carbons (Fsp3) is 0.455. The van der Waals surface area contributed by atoms with Gasteiger partial charge in [0.2, 0.25) is 0 Å². The highest BCUT2D eigenvalue weighted by Crippen LogP contribution is 2.24. The van der Waals surface area contributed by atoms with Gasteiger partial charge in [0, 0.05) is 12.0 Å². The van der Waals surface area contributed by atoms with Crippen molar-refractivity contribution in [2.24, 2.45) is 5.92 Å². The lowest BCUT2D eigenvalue weighted by atomic mass is 9.90. The number of carboxylic acids is 1. The molecule has 0 radical (unpaired) electrons. The maximum Gasteiger partial charge on any atom is 0.326 e. The normalized spacial score (nSPS) is 14.1. The van der Waals surface area contributed by atoms with Crippen molar-refractivity contribution >= 4 is 17.7 Å². The highest BCUT2D eigenvalue weighted by Gasteiger charge is 2.22. The molecule has 1 aliphatic rings. The van der Waals surface area contributed by atoms with Crippen LogP contribution in [0.25, 0.3) is 0 Å². The second kappa shape index (κ2) is 9.72. The predicted octanol–water partition coefficient (Wildman–Crippen LogP) is 3.00. The number of carboxylic acid groups (broad SMARTS) is 1. The van der Waals surface area contributed by atoms with E-state index >= 15 is 0 Å². The van der Waals surface area contributed by atoms with Crippen LogP contribution in [0.5, 0.6) is 0 Å². The molecule has 0 fully saturated rings. The molecule has 0 saturated heterocycles. The van der Waals surface area contributed by atoms with Crippen LogP contribution in [0.15, 0.2) is 23.0 Å². The number of halogens is 1. The fourth-order valence-electron chi connectivity index (χ4n) is 3.85.